The molecule has 0 aliphatic rings. The van der Waals surface area contributed by atoms with Crippen molar-refractivity contribution >= 4 is 33.9 Å². The minimum atomic E-state index is -0.320. The molecule has 0 radical (unpaired) electrons. The highest BCUT2D eigenvalue weighted by atomic mass is 32.1. The summed E-state index contributed by atoms with van der Waals surface area (Å²) in [4.78, 5) is 25.3. The van der Waals surface area contributed by atoms with E-state index in [0.717, 1.165) is 27.8 Å². The second kappa shape index (κ2) is 9.96. The number of aromatic nitrogens is 3. The topological polar surface area (TPSA) is 107 Å². The first-order valence-electron chi connectivity index (χ1n) is 9.83. The maximum atomic E-state index is 12.6. The van der Waals surface area contributed by atoms with Crippen LogP contribution in [0.1, 0.15) is 10.4 Å². The lowest BCUT2D eigenvalue weighted by Crippen LogP contribution is -2.13. The van der Waals surface area contributed by atoms with Crippen LogP contribution < -0.4 is 24.8 Å². The van der Waals surface area contributed by atoms with Gasteiger partial charge in [0.05, 0.1) is 27.0 Å². The van der Waals surface area contributed by atoms with Crippen LogP contribution in [0.15, 0.2) is 60.0 Å². The van der Waals surface area contributed by atoms with Crippen molar-refractivity contribution in [3.63, 3.8) is 0 Å². The van der Waals surface area contributed by atoms with Gasteiger partial charge in [-0.15, -0.1) is 11.3 Å². The summed E-state index contributed by atoms with van der Waals surface area (Å²) in [5.74, 6) is 1.02. The Morgan fingerprint density at radius 2 is 1.73 bits per heavy atom. The molecule has 0 aliphatic carbocycles. The molecule has 0 fully saturated rings. The summed E-state index contributed by atoms with van der Waals surface area (Å²) in [5.41, 5.74) is 3.11. The molecule has 0 bridgehead atoms. The zero-order valence-corrected chi connectivity index (χ0v) is 19.0. The third-order valence-electron chi connectivity index (χ3n) is 4.58. The van der Waals surface area contributed by atoms with Gasteiger partial charge in [-0.05, 0) is 36.4 Å². The summed E-state index contributed by atoms with van der Waals surface area (Å²) in [6.07, 6.45) is 0. The number of nitrogens with one attached hydrogen (secondary N) is 2. The van der Waals surface area contributed by atoms with Crippen LogP contribution >= 0.6 is 11.3 Å². The number of carbonyl (C=O) groups is 1. The Kier molecular flexibility index (Phi) is 6.65. The smallest absolute Gasteiger partial charge is 0.321 e. The fourth-order valence-electron chi connectivity index (χ4n) is 2.93. The van der Waals surface area contributed by atoms with Gasteiger partial charge in [-0.1, -0.05) is 12.1 Å². The largest absolute Gasteiger partial charge is 0.497 e. The van der Waals surface area contributed by atoms with E-state index in [2.05, 4.69) is 25.6 Å². The molecule has 168 valence electrons. The Bertz CT molecular complexity index is 1240. The van der Waals surface area contributed by atoms with Crippen molar-refractivity contribution in [3.8, 4) is 28.9 Å². The summed E-state index contributed by atoms with van der Waals surface area (Å²) in [6, 6.07) is 16.4. The second-order valence-electron chi connectivity index (χ2n) is 6.71. The standard InChI is InChI=1S/C23H21N5O4S/c1-30-17-6-4-5-15(11-17)18-13-33-23(25-18)24-16-9-7-14(8-10-16)21(29)26-19-12-20(31-2)28-22(27-19)32-3/h4-13H,1-3H3,(H,24,25)(H,26,27,28,29). The number of ether oxygens (including phenoxy) is 3. The molecule has 2 heterocycles. The summed E-state index contributed by atoms with van der Waals surface area (Å²) in [6.45, 7) is 0. The van der Waals surface area contributed by atoms with E-state index in [-0.39, 0.29) is 23.6 Å². The van der Waals surface area contributed by atoms with Crippen LogP contribution in [0, 0.1) is 0 Å². The molecule has 4 aromatic rings. The van der Waals surface area contributed by atoms with Crippen LogP contribution in [0.25, 0.3) is 11.3 Å². The summed E-state index contributed by atoms with van der Waals surface area (Å²) < 4.78 is 15.4. The van der Waals surface area contributed by atoms with Gasteiger partial charge in [0.15, 0.2) is 5.13 Å². The fraction of sp³-hybridized carbons (Fsp3) is 0.130. The number of carbonyl (C=O) groups excluding carboxylic acids is 1. The Morgan fingerprint density at radius 3 is 2.45 bits per heavy atom. The van der Waals surface area contributed by atoms with E-state index in [9.17, 15) is 4.79 Å². The number of hydrogen-bond donors (Lipinski definition) is 2. The number of nitrogens with zero attached hydrogens (tertiary/aromatic N) is 3. The van der Waals surface area contributed by atoms with Crippen LogP contribution in [0.3, 0.4) is 0 Å². The van der Waals surface area contributed by atoms with E-state index in [1.165, 1.54) is 31.6 Å². The molecule has 0 spiro atoms. The first-order chi connectivity index (χ1) is 16.1. The summed E-state index contributed by atoms with van der Waals surface area (Å²) in [5, 5.41) is 8.69. The van der Waals surface area contributed by atoms with Gasteiger partial charge in [-0.3, -0.25) is 4.79 Å². The first kappa shape index (κ1) is 22.0. The lowest BCUT2D eigenvalue weighted by molar-refractivity contribution is 0.102. The van der Waals surface area contributed by atoms with Crippen LogP contribution in [0.4, 0.5) is 16.6 Å². The average Bonchev–Trinajstić information content (AvgIpc) is 3.32. The van der Waals surface area contributed by atoms with Crippen LogP contribution in [-0.2, 0) is 0 Å². The Balaban J connectivity index is 1.42. The zero-order valence-electron chi connectivity index (χ0n) is 18.2. The molecule has 0 saturated carbocycles. The quantitative estimate of drug-likeness (QED) is 0.390. The molecule has 2 N–H and O–H groups in total. The number of thiazole rings is 1. The van der Waals surface area contributed by atoms with Crippen molar-refractivity contribution in [1.29, 1.82) is 0 Å². The van der Waals surface area contributed by atoms with E-state index in [1.807, 2.05) is 41.8 Å². The molecule has 2 aromatic carbocycles. The Labute approximate surface area is 194 Å². The van der Waals surface area contributed by atoms with Crippen molar-refractivity contribution in [2.45, 2.75) is 0 Å². The van der Waals surface area contributed by atoms with Gasteiger partial charge in [-0.2, -0.15) is 9.97 Å². The fourth-order valence-corrected chi connectivity index (χ4v) is 3.67. The third kappa shape index (κ3) is 5.36. The number of rotatable bonds is 8. The maximum absolute atomic E-state index is 12.6. The highest BCUT2D eigenvalue weighted by Gasteiger charge is 2.11. The van der Waals surface area contributed by atoms with E-state index >= 15 is 0 Å². The van der Waals surface area contributed by atoms with Gasteiger partial charge in [0.2, 0.25) is 5.88 Å². The highest BCUT2D eigenvalue weighted by molar-refractivity contribution is 7.14. The van der Waals surface area contributed by atoms with Gasteiger partial charge in [0.25, 0.3) is 5.91 Å². The Morgan fingerprint density at radius 1 is 0.909 bits per heavy atom. The summed E-state index contributed by atoms with van der Waals surface area (Å²) in [7, 11) is 4.55. The van der Waals surface area contributed by atoms with Gasteiger partial charge >= 0.3 is 6.01 Å². The zero-order chi connectivity index (χ0) is 23.2. The molecule has 1 amide bonds. The SMILES string of the molecule is COc1cccc(-c2csc(Nc3ccc(C(=O)Nc4cc(OC)nc(OC)n4)cc3)n2)c1. The number of anilines is 3. The molecule has 0 aliphatic heterocycles. The van der Waals surface area contributed by atoms with Crippen molar-refractivity contribution in [3.05, 3.63) is 65.5 Å². The molecular formula is C23H21N5O4S. The van der Waals surface area contributed by atoms with Gasteiger partial charge in [0.1, 0.15) is 11.6 Å². The number of benzene rings is 2. The molecular weight excluding hydrogens is 442 g/mol. The number of hydrogen-bond acceptors (Lipinski definition) is 9. The predicted octanol–water partition coefficient (Wildman–Crippen LogP) is 4.62. The molecule has 10 heteroatoms. The molecule has 9 nitrogen and oxygen atoms in total. The Hall–Kier alpha value is -4.18. The molecule has 0 unspecified atom stereocenters. The van der Waals surface area contributed by atoms with E-state index < -0.39 is 0 Å². The molecule has 4 rings (SSSR count). The molecule has 0 atom stereocenters. The van der Waals surface area contributed by atoms with E-state index in [1.54, 1.807) is 19.2 Å². The van der Waals surface area contributed by atoms with Crippen molar-refractivity contribution in [1.82, 2.24) is 15.0 Å². The van der Waals surface area contributed by atoms with Crippen LogP contribution in [-0.4, -0.2) is 42.2 Å². The van der Waals surface area contributed by atoms with Crippen LogP contribution in [0.2, 0.25) is 0 Å². The second-order valence-corrected chi connectivity index (χ2v) is 7.57. The average molecular weight is 464 g/mol. The minimum Gasteiger partial charge on any atom is -0.497 e. The molecule has 0 saturated heterocycles. The molecule has 33 heavy (non-hydrogen) atoms. The van der Waals surface area contributed by atoms with E-state index in [0.29, 0.717) is 5.56 Å². The first-order valence-corrected chi connectivity index (χ1v) is 10.7. The minimum absolute atomic E-state index is 0.0981. The van der Waals surface area contributed by atoms with Crippen molar-refractivity contribution in [2.75, 3.05) is 32.0 Å². The predicted molar refractivity (Wildman–Crippen MR) is 127 cm³/mol. The van der Waals surface area contributed by atoms with Crippen LogP contribution in [0.5, 0.6) is 17.6 Å². The van der Waals surface area contributed by atoms with E-state index in [4.69, 9.17) is 14.2 Å². The van der Waals surface area contributed by atoms with Gasteiger partial charge in [0, 0.05) is 28.3 Å². The summed E-state index contributed by atoms with van der Waals surface area (Å²) >= 11 is 1.49. The van der Waals surface area contributed by atoms with Crippen molar-refractivity contribution in [2.24, 2.45) is 0 Å². The maximum Gasteiger partial charge on any atom is 0.321 e. The number of amides is 1. The van der Waals surface area contributed by atoms with Gasteiger partial charge < -0.3 is 24.8 Å². The van der Waals surface area contributed by atoms with Crippen molar-refractivity contribution < 1.29 is 19.0 Å². The van der Waals surface area contributed by atoms with Gasteiger partial charge in [-0.25, -0.2) is 4.98 Å². The number of methoxy groups -OCH3 is 3. The molecule has 2 aromatic heterocycles. The normalized spacial score (nSPS) is 10.4. The lowest BCUT2D eigenvalue weighted by Gasteiger charge is -2.08. The third-order valence-corrected chi connectivity index (χ3v) is 5.34. The highest BCUT2D eigenvalue weighted by Crippen LogP contribution is 2.29. The lowest BCUT2D eigenvalue weighted by atomic mass is 10.2. The monoisotopic (exact) mass is 463 g/mol.